The average molecular weight is 296 g/mol. The zero-order chi connectivity index (χ0) is 15.2. The number of aromatic carboxylic acids is 1. The summed E-state index contributed by atoms with van der Waals surface area (Å²) in [4.78, 5) is 15.3. The molecule has 2 N–H and O–H groups in total. The molecule has 1 aliphatic carbocycles. The first-order chi connectivity index (χ1) is 9.91. The van der Waals surface area contributed by atoms with Gasteiger partial charge < -0.3 is 14.8 Å². The van der Waals surface area contributed by atoms with Crippen LogP contribution in [0.1, 0.15) is 34.9 Å². The second kappa shape index (κ2) is 4.77. The van der Waals surface area contributed by atoms with Crippen LogP contribution in [-0.2, 0) is 6.54 Å². The minimum atomic E-state index is -3.23. The molecule has 1 fully saturated rings. The maximum Gasteiger partial charge on any atom is 0.335 e. The average Bonchev–Trinajstić information content (AvgIpc) is 3.22. The Morgan fingerprint density at radius 3 is 2.71 bits per heavy atom. The second-order valence-corrected chi connectivity index (χ2v) is 5.35. The van der Waals surface area contributed by atoms with Gasteiger partial charge in [0.2, 0.25) is 0 Å². The summed E-state index contributed by atoms with van der Waals surface area (Å²) in [7, 11) is 0. The summed E-state index contributed by atoms with van der Waals surface area (Å²) >= 11 is 0. The summed E-state index contributed by atoms with van der Waals surface area (Å²) < 4.78 is 28.4. The first kappa shape index (κ1) is 13.9. The van der Waals surface area contributed by atoms with E-state index in [0.717, 1.165) is 12.8 Å². The predicted molar refractivity (Wildman–Crippen MR) is 70.7 cm³/mol. The number of carboxylic acid groups (broad SMARTS) is 1. The minimum Gasteiger partial charge on any atom is -0.478 e. The zero-order valence-electron chi connectivity index (χ0n) is 11.1. The molecule has 0 atom stereocenters. The Balaban J connectivity index is 2.11. The van der Waals surface area contributed by atoms with Gasteiger partial charge in [0, 0.05) is 5.92 Å². The fourth-order valence-corrected chi connectivity index (χ4v) is 2.38. The largest absolute Gasteiger partial charge is 0.478 e. The monoisotopic (exact) mass is 296 g/mol. The molecule has 1 saturated carbocycles. The number of halogens is 2. The van der Waals surface area contributed by atoms with E-state index in [2.05, 4.69) is 4.98 Å². The molecule has 0 bridgehead atoms. The zero-order valence-corrected chi connectivity index (χ0v) is 11.1. The van der Waals surface area contributed by atoms with Gasteiger partial charge in [-0.1, -0.05) is 0 Å². The lowest BCUT2D eigenvalue weighted by Gasteiger charge is -2.16. The van der Waals surface area contributed by atoms with Crippen molar-refractivity contribution in [2.75, 3.05) is 6.61 Å². The molecule has 0 unspecified atom stereocenters. The number of alkyl halides is 2. The van der Waals surface area contributed by atoms with Crippen LogP contribution in [0, 0.1) is 0 Å². The molecular formula is C14H14F2N2O3. The Morgan fingerprint density at radius 1 is 1.43 bits per heavy atom. The summed E-state index contributed by atoms with van der Waals surface area (Å²) in [5, 5.41) is 17.7. The van der Waals surface area contributed by atoms with Gasteiger partial charge in [-0.3, -0.25) is 0 Å². The highest BCUT2D eigenvalue weighted by atomic mass is 19.3. The highest BCUT2D eigenvalue weighted by Crippen LogP contribution is 2.41. The molecule has 1 heterocycles. The molecule has 7 heteroatoms. The van der Waals surface area contributed by atoms with Crippen LogP contribution >= 0.6 is 0 Å². The van der Waals surface area contributed by atoms with Gasteiger partial charge in [0.15, 0.2) is 0 Å². The van der Waals surface area contributed by atoms with E-state index in [1.54, 1.807) is 0 Å². The van der Waals surface area contributed by atoms with E-state index in [1.807, 2.05) is 0 Å². The molecule has 1 aliphatic rings. The summed E-state index contributed by atoms with van der Waals surface area (Å²) in [6, 6.07) is 4.25. The van der Waals surface area contributed by atoms with Gasteiger partial charge in [0.25, 0.3) is 5.92 Å². The van der Waals surface area contributed by atoms with E-state index in [-0.39, 0.29) is 11.5 Å². The number of aliphatic hydroxyl groups excluding tert-OH is 1. The van der Waals surface area contributed by atoms with Crippen molar-refractivity contribution in [3.8, 4) is 0 Å². The summed E-state index contributed by atoms with van der Waals surface area (Å²) in [5.41, 5.74) is 0.934. The summed E-state index contributed by atoms with van der Waals surface area (Å²) in [5.74, 6) is -3.64. The van der Waals surface area contributed by atoms with Gasteiger partial charge in [0.1, 0.15) is 12.4 Å². The number of rotatable bonds is 5. The minimum absolute atomic E-state index is 0.0726. The van der Waals surface area contributed by atoms with E-state index in [1.165, 1.54) is 22.8 Å². The smallest absolute Gasteiger partial charge is 0.335 e. The predicted octanol–water partition coefficient (Wildman–Crippen LogP) is 2.24. The Labute approximate surface area is 118 Å². The highest BCUT2D eigenvalue weighted by Gasteiger charge is 2.35. The molecule has 2 aromatic rings. The molecule has 0 aliphatic heterocycles. The lowest BCUT2D eigenvalue weighted by atomic mass is 10.2. The van der Waals surface area contributed by atoms with Crippen LogP contribution in [-0.4, -0.2) is 38.3 Å². The maximum absolute atomic E-state index is 13.5. The standard InChI is InChI=1S/C14H14F2N2O3/c15-14(16,7-19)6-18-11-4-3-9(13(20)21)5-10(11)17-12(18)8-1-2-8/h3-5,8,19H,1-2,6-7H2,(H,20,21). The first-order valence-electron chi connectivity index (χ1n) is 6.63. The van der Waals surface area contributed by atoms with Crippen molar-refractivity contribution < 1.29 is 23.8 Å². The maximum atomic E-state index is 13.5. The normalized spacial score (nSPS) is 15.6. The van der Waals surface area contributed by atoms with Gasteiger partial charge in [0.05, 0.1) is 23.1 Å². The van der Waals surface area contributed by atoms with Crippen LogP contribution in [0.3, 0.4) is 0 Å². The number of carbonyl (C=O) groups is 1. The molecule has 0 spiro atoms. The molecule has 0 amide bonds. The SMILES string of the molecule is O=C(O)c1ccc2c(c1)nc(C1CC1)n2CC(F)(F)CO. The molecule has 1 aromatic heterocycles. The number of fused-ring (bicyclic) bond motifs is 1. The third-order valence-corrected chi connectivity index (χ3v) is 3.59. The topological polar surface area (TPSA) is 75.3 Å². The Hall–Kier alpha value is -2.02. The van der Waals surface area contributed by atoms with E-state index in [9.17, 15) is 13.6 Å². The third kappa shape index (κ3) is 2.61. The molecule has 5 nitrogen and oxygen atoms in total. The molecule has 112 valence electrons. The number of hydrogen-bond acceptors (Lipinski definition) is 3. The quantitative estimate of drug-likeness (QED) is 0.887. The van der Waals surface area contributed by atoms with E-state index >= 15 is 0 Å². The van der Waals surface area contributed by atoms with E-state index < -0.39 is 25.0 Å². The molecule has 0 saturated heterocycles. The van der Waals surface area contributed by atoms with Crippen molar-refractivity contribution in [1.29, 1.82) is 0 Å². The van der Waals surface area contributed by atoms with Crippen LogP contribution in [0.2, 0.25) is 0 Å². The number of nitrogens with zero attached hydrogens (tertiary/aromatic N) is 2. The molecule has 21 heavy (non-hydrogen) atoms. The first-order valence-corrected chi connectivity index (χ1v) is 6.63. The lowest BCUT2D eigenvalue weighted by Crippen LogP contribution is -2.28. The number of carboxylic acids is 1. The molecule has 3 rings (SSSR count). The van der Waals surface area contributed by atoms with Crippen LogP contribution in [0.15, 0.2) is 18.2 Å². The second-order valence-electron chi connectivity index (χ2n) is 5.35. The number of benzene rings is 1. The van der Waals surface area contributed by atoms with Crippen LogP contribution < -0.4 is 0 Å². The van der Waals surface area contributed by atoms with Gasteiger partial charge in [-0.25, -0.2) is 18.6 Å². The summed E-state index contributed by atoms with van der Waals surface area (Å²) in [6.45, 7) is -1.89. The number of aliphatic hydroxyl groups is 1. The summed E-state index contributed by atoms with van der Waals surface area (Å²) in [6.07, 6.45) is 1.78. The number of aromatic nitrogens is 2. The van der Waals surface area contributed by atoms with Gasteiger partial charge >= 0.3 is 5.97 Å². The lowest BCUT2D eigenvalue weighted by molar-refractivity contribution is -0.0626. The number of hydrogen-bond donors (Lipinski definition) is 2. The molecule has 1 aromatic carbocycles. The van der Waals surface area contributed by atoms with Gasteiger partial charge in [-0.15, -0.1) is 0 Å². The van der Waals surface area contributed by atoms with Crippen molar-refractivity contribution in [2.45, 2.75) is 31.2 Å². The third-order valence-electron chi connectivity index (χ3n) is 3.59. The number of imidazole rings is 1. The Bertz CT molecular complexity index is 708. The van der Waals surface area contributed by atoms with Crippen molar-refractivity contribution >= 4 is 17.0 Å². The van der Waals surface area contributed by atoms with Crippen LogP contribution in [0.5, 0.6) is 0 Å². The van der Waals surface area contributed by atoms with Crippen molar-refractivity contribution in [3.63, 3.8) is 0 Å². The van der Waals surface area contributed by atoms with Crippen LogP contribution in [0.4, 0.5) is 8.78 Å². The fourth-order valence-electron chi connectivity index (χ4n) is 2.38. The highest BCUT2D eigenvalue weighted by molar-refractivity contribution is 5.92. The van der Waals surface area contributed by atoms with E-state index in [4.69, 9.17) is 10.2 Å². The molecule has 0 radical (unpaired) electrons. The van der Waals surface area contributed by atoms with Gasteiger partial charge in [-0.2, -0.15) is 0 Å². The molecular weight excluding hydrogens is 282 g/mol. The fraction of sp³-hybridized carbons (Fsp3) is 0.429. The van der Waals surface area contributed by atoms with Crippen molar-refractivity contribution in [1.82, 2.24) is 9.55 Å². The van der Waals surface area contributed by atoms with Crippen molar-refractivity contribution in [3.05, 3.63) is 29.6 Å². The van der Waals surface area contributed by atoms with Crippen molar-refractivity contribution in [2.24, 2.45) is 0 Å². The Kier molecular flexibility index (Phi) is 3.16. The Morgan fingerprint density at radius 2 is 2.14 bits per heavy atom. The van der Waals surface area contributed by atoms with E-state index in [0.29, 0.717) is 16.9 Å². The van der Waals surface area contributed by atoms with Gasteiger partial charge in [-0.05, 0) is 31.0 Å². The van der Waals surface area contributed by atoms with Crippen LogP contribution in [0.25, 0.3) is 11.0 Å².